The molecule has 0 bridgehead atoms. The van der Waals surface area contributed by atoms with Crippen LogP contribution in [0.5, 0.6) is 0 Å². The van der Waals surface area contributed by atoms with Crippen molar-refractivity contribution in [1.82, 2.24) is 5.32 Å². The lowest BCUT2D eigenvalue weighted by molar-refractivity contribution is 0.517. The summed E-state index contributed by atoms with van der Waals surface area (Å²) >= 11 is 3.61. The van der Waals surface area contributed by atoms with Crippen LogP contribution in [0.1, 0.15) is 47.4 Å². The highest BCUT2D eigenvalue weighted by Crippen LogP contribution is 2.31. The maximum Gasteiger partial charge on any atom is 0.105 e. The number of hydrogen-bond acceptors (Lipinski definition) is 2. The zero-order valence-electron chi connectivity index (χ0n) is 12.6. The molecule has 0 radical (unpaired) electrons. The molecule has 1 aromatic carbocycles. The van der Waals surface area contributed by atoms with Crippen molar-refractivity contribution < 1.29 is 4.42 Å². The van der Waals surface area contributed by atoms with Gasteiger partial charge in [-0.25, -0.2) is 0 Å². The second kappa shape index (κ2) is 6.59. The number of benzene rings is 1. The van der Waals surface area contributed by atoms with Crippen LogP contribution in [0.2, 0.25) is 0 Å². The lowest BCUT2D eigenvalue weighted by atomic mass is 9.93. The average molecular weight is 336 g/mol. The summed E-state index contributed by atoms with van der Waals surface area (Å²) in [6.07, 6.45) is 2.88. The number of rotatable bonds is 5. The monoisotopic (exact) mass is 335 g/mol. The highest BCUT2D eigenvalue weighted by Gasteiger charge is 2.19. The van der Waals surface area contributed by atoms with Gasteiger partial charge in [0.2, 0.25) is 0 Å². The zero-order valence-corrected chi connectivity index (χ0v) is 14.2. The molecular formula is C17H22BrNO. The summed E-state index contributed by atoms with van der Waals surface area (Å²) in [5.74, 6) is 0.985. The minimum Gasteiger partial charge on any atom is -0.469 e. The Kier molecular flexibility index (Phi) is 5.06. The van der Waals surface area contributed by atoms with E-state index < -0.39 is 0 Å². The lowest BCUT2D eigenvalue weighted by Crippen LogP contribution is -2.24. The highest BCUT2D eigenvalue weighted by molar-refractivity contribution is 9.10. The summed E-state index contributed by atoms with van der Waals surface area (Å²) in [5.41, 5.74) is 5.10. The van der Waals surface area contributed by atoms with E-state index in [1.165, 1.54) is 22.3 Å². The van der Waals surface area contributed by atoms with Crippen molar-refractivity contribution in [3.8, 4) is 0 Å². The molecule has 3 heteroatoms. The largest absolute Gasteiger partial charge is 0.469 e. The molecular weight excluding hydrogens is 314 g/mol. The predicted octanol–water partition coefficient (Wildman–Crippen LogP) is 5.06. The summed E-state index contributed by atoms with van der Waals surface area (Å²) in [7, 11) is 0. The second-order valence-corrected chi connectivity index (χ2v) is 6.13. The third kappa shape index (κ3) is 3.15. The third-order valence-electron chi connectivity index (χ3n) is 3.67. The van der Waals surface area contributed by atoms with Crippen LogP contribution in [-0.2, 0) is 0 Å². The molecule has 0 saturated carbocycles. The van der Waals surface area contributed by atoms with Crippen molar-refractivity contribution in [2.75, 3.05) is 6.54 Å². The van der Waals surface area contributed by atoms with Crippen molar-refractivity contribution >= 4 is 15.9 Å². The molecule has 2 aromatic rings. The number of hydrogen-bond donors (Lipinski definition) is 1. The first-order valence-electron chi connectivity index (χ1n) is 7.08. The molecule has 2 nitrogen and oxygen atoms in total. The smallest absolute Gasteiger partial charge is 0.105 e. The molecule has 1 unspecified atom stereocenters. The normalized spacial score (nSPS) is 12.7. The average Bonchev–Trinajstić information content (AvgIpc) is 2.82. The fourth-order valence-electron chi connectivity index (χ4n) is 2.48. The van der Waals surface area contributed by atoms with Crippen LogP contribution in [0.15, 0.2) is 33.4 Å². The van der Waals surface area contributed by atoms with E-state index in [1.54, 1.807) is 6.26 Å². The number of nitrogens with one attached hydrogen (secondary N) is 1. The van der Waals surface area contributed by atoms with Gasteiger partial charge in [-0.3, -0.25) is 0 Å². The molecule has 0 amide bonds. The molecule has 0 aliphatic carbocycles. The van der Waals surface area contributed by atoms with Gasteiger partial charge in [0.05, 0.1) is 12.3 Å². The van der Waals surface area contributed by atoms with Crippen molar-refractivity contribution in [2.24, 2.45) is 0 Å². The van der Waals surface area contributed by atoms with Crippen LogP contribution < -0.4 is 5.32 Å². The van der Waals surface area contributed by atoms with Crippen LogP contribution >= 0.6 is 15.9 Å². The van der Waals surface area contributed by atoms with E-state index in [9.17, 15) is 0 Å². The Morgan fingerprint density at radius 3 is 2.50 bits per heavy atom. The fraction of sp³-hybridized carbons (Fsp3) is 0.412. The van der Waals surface area contributed by atoms with E-state index in [0.717, 1.165) is 23.2 Å². The number of furan rings is 1. The SMILES string of the molecule is CCCNC(c1cc(C)c(Br)cc1C)c1ccoc1C. The summed E-state index contributed by atoms with van der Waals surface area (Å²) < 4.78 is 6.66. The van der Waals surface area contributed by atoms with Gasteiger partial charge in [0.25, 0.3) is 0 Å². The summed E-state index contributed by atoms with van der Waals surface area (Å²) in [6, 6.07) is 6.72. The summed E-state index contributed by atoms with van der Waals surface area (Å²) in [5, 5.41) is 3.64. The van der Waals surface area contributed by atoms with E-state index in [4.69, 9.17) is 4.42 Å². The number of aryl methyl sites for hydroxylation is 3. The molecule has 0 spiro atoms. The van der Waals surface area contributed by atoms with E-state index in [2.05, 4.69) is 60.2 Å². The van der Waals surface area contributed by atoms with Gasteiger partial charge in [0.1, 0.15) is 5.76 Å². The fourth-order valence-corrected chi connectivity index (χ4v) is 2.94. The molecule has 20 heavy (non-hydrogen) atoms. The van der Waals surface area contributed by atoms with Gasteiger partial charge in [-0.05, 0) is 62.6 Å². The molecule has 0 aliphatic heterocycles. The van der Waals surface area contributed by atoms with Gasteiger partial charge in [-0.2, -0.15) is 0 Å². The standard InChI is InChI=1S/C17H22BrNO/c1-5-7-19-17(14-6-8-20-13(14)4)15-9-12(3)16(18)10-11(15)2/h6,8-10,17,19H,5,7H2,1-4H3. The Labute approximate surface area is 129 Å². The molecule has 1 aromatic heterocycles. The Hall–Kier alpha value is -1.06. The Morgan fingerprint density at radius 1 is 1.15 bits per heavy atom. The lowest BCUT2D eigenvalue weighted by Gasteiger charge is -2.22. The van der Waals surface area contributed by atoms with E-state index in [0.29, 0.717) is 0 Å². The quantitative estimate of drug-likeness (QED) is 0.826. The Morgan fingerprint density at radius 2 is 1.90 bits per heavy atom. The predicted molar refractivity (Wildman–Crippen MR) is 87.2 cm³/mol. The van der Waals surface area contributed by atoms with E-state index in [-0.39, 0.29) is 6.04 Å². The van der Waals surface area contributed by atoms with Gasteiger partial charge >= 0.3 is 0 Å². The van der Waals surface area contributed by atoms with Crippen LogP contribution in [0, 0.1) is 20.8 Å². The summed E-state index contributed by atoms with van der Waals surface area (Å²) in [4.78, 5) is 0. The minimum atomic E-state index is 0.195. The van der Waals surface area contributed by atoms with Crippen molar-refractivity contribution in [1.29, 1.82) is 0 Å². The first-order chi connectivity index (χ1) is 9.54. The van der Waals surface area contributed by atoms with Gasteiger partial charge in [-0.15, -0.1) is 0 Å². The Bertz CT molecular complexity index is 589. The van der Waals surface area contributed by atoms with E-state index >= 15 is 0 Å². The first kappa shape index (κ1) is 15.3. The van der Waals surface area contributed by atoms with Crippen molar-refractivity contribution in [2.45, 2.75) is 40.2 Å². The maximum absolute atomic E-state index is 5.49. The van der Waals surface area contributed by atoms with Gasteiger partial charge in [0.15, 0.2) is 0 Å². The van der Waals surface area contributed by atoms with Gasteiger partial charge in [0, 0.05) is 10.0 Å². The van der Waals surface area contributed by atoms with Crippen LogP contribution in [0.25, 0.3) is 0 Å². The molecule has 0 fully saturated rings. The minimum absolute atomic E-state index is 0.195. The number of halogens is 1. The van der Waals surface area contributed by atoms with Crippen molar-refractivity contribution in [3.63, 3.8) is 0 Å². The van der Waals surface area contributed by atoms with Gasteiger partial charge < -0.3 is 9.73 Å². The topological polar surface area (TPSA) is 25.2 Å². The third-order valence-corrected chi connectivity index (χ3v) is 4.52. The second-order valence-electron chi connectivity index (χ2n) is 5.28. The van der Waals surface area contributed by atoms with Crippen LogP contribution in [-0.4, -0.2) is 6.54 Å². The molecule has 0 aliphatic rings. The summed E-state index contributed by atoms with van der Waals surface area (Å²) in [6.45, 7) is 9.49. The first-order valence-corrected chi connectivity index (χ1v) is 7.88. The maximum atomic E-state index is 5.49. The van der Waals surface area contributed by atoms with Gasteiger partial charge in [-0.1, -0.05) is 28.9 Å². The Balaban J connectivity index is 2.46. The highest BCUT2D eigenvalue weighted by atomic mass is 79.9. The van der Waals surface area contributed by atoms with Crippen LogP contribution in [0.3, 0.4) is 0 Å². The molecule has 2 rings (SSSR count). The van der Waals surface area contributed by atoms with E-state index in [1.807, 2.05) is 6.92 Å². The molecule has 108 valence electrons. The van der Waals surface area contributed by atoms with Crippen molar-refractivity contribution in [3.05, 3.63) is 56.9 Å². The molecule has 0 saturated heterocycles. The molecule has 1 atom stereocenters. The zero-order chi connectivity index (χ0) is 14.7. The molecule has 1 N–H and O–H groups in total. The molecule has 1 heterocycles. The van der Waals surface area contributed by atoms with Crippen LogP contribution in [0.4, 0.5) is 0 Å².